The fourth-order valence-electron chi connectivity index (χ4n) is 7.70. The van der Waals surface area contributed by atoms with Gasteiger partial charge in [0.2, 0.25) is 59.5 Å². The van der Waals surface area contributed by atoms with Crippen molar-refractivity contribution in [3.05, 3.63) is 297 Å². The molecule has 0 saturated carbocycles. The Hall–Kier alpha value is -12.1. The zero-order valence-corrected chi connectivity index (χ0v) is 54.9. The van der Waals surface area contributed by atoms with Gasteiger partial charge in [0.1, 0.15) is 28.7 Å². The summed E-state index contributed by atoms with van der Waals surface area (Å²) < 4.78 is 156. The Kier molecular flexibility index (Phi) is 32.7. The minimum atomic E-state index is -0.906. The fourth-order valence-corrected chi connectivity index (χ4v) is 7.70. The number of pyridine rings is 5. The van der Waals surface area contributed by atoms with Crippen LogP contribution in [0.4, 0.5) is 43.9 Å². The molecule has 510 valence electrons. The summed E-state index contributed by atoms with van der Waals surface area (Å²) in [6, 6.07) is 47.5. The number of ether oxygens (including phenoxy) is 5. The van der Waals surface area contributed by atoms with E-state index >= 15 is 0 Å². The van der Waals surface area contributed by atoms with Crippen LogP contribution in [0.1, 0.15) is 122 Å². The predicted octanol–water partition coefficient (Wildman–Crippen LogP) is 17.7. The number of unbranched alkanes of at least 4 members (excludes halogenated alkanes) is 3. The van der Waals surface area contributed by atoms with Crippen LogP contribution in [0.25, 0.3) is 0 Å². The number of benzene rings is 5. The molecule has 0 atom stereocenters. The largest absolute Gasteiger partial charge is 0.497 e. The van der Waals surface area contributed by atoms with E-state index in [1.807, 2.05) is 38.1 Å². The summed E-state index contributed by atoms with van der Waals surface area (Å²) in [5.74, 6) is 22.1. The van der Waals surface area contributed by atoms with Crippen LogP contribution in [0.15, 0.2) is 182 Å². The molecular weight excluding hydrogens is 1300 g/mol. The summed E-state index contributed by atoms with van der Waals surface area (Å²) in [4.78, 5) is 15.4. The molecule has 0 unspecified atom stereocenters. The zero-order valence-electron chi connectivity index (χ0n) is 54.9. The molecule has 100 heavy (non-hydrogen) atoms. The summed E-state index contributed by atoms with van der Waals surface area (Å²) in [6.07, 6.45) is 6.39. The Bertz CT molecular complexity index is 4570. The first kappa shape index (κ1) is 77.0. The summed E-state index contributed by atoms with van der Waals surface area (Å²) in [7, 11) is 1.57. The van der Waals surface area contributed by atoms with Crippen molar-refractivity contribution < 1.29 is 67.6 Å². The molecule has 0 aliphatic carbocycles. The topological polar surface area (TPSA) is 111 Å². The van der Waals surface area contributed by atoms with Crippen LogP contribution in [-0.2, 0) is 0 Å². The van der Waals surface area contributed by atoms with Crippen LogP contribution < -0.4 is 23.7 Å². The lowest BCUT2D eigenvalue weighted by Crippen LogP contribution is -1.96. The molecule has 0 aliphatic heterocycles. The maximum absolute atomic E-state index is 13.3. The van der Waals surface area contributed by atoms with Crippen molar-refractivity contribution in [3.8, 4) is 88.0 Å². The smallest absolute Gasteiger partial charge is 0.231 e. The van der Waals surface area contributed by atoms with Crippen LogP contribution in [-0.4, -0.2) is 58.5 Å². The van der Waals surface area contributed by atoms with E-state index in [-0.39, 0.29) is 27.8 Å². The summed E-state index contributed by atoms with van der Waals surface area (Å²) in [5.41, 5.74) is 3.93. The number of halogens is 10. The van der Waals surface area contributed by atoms with Crippen molar-refractivity contribution in [3.63, 3.8) is 0 Å². The second-order valence-electron chi connectivity index (χ2n) is 20.5. The lowest BCUT2D eigenvalue weighted by molar-refractivity contribution is 0.306. The molecule has 0 N–H and O–H groups in total. The second kappa shape index (κ2) is 42.5. The highest BCUT2D eigenvalue weighted by molar-refractivity contribution is 5.48. The standard InChI is InChI=1S/C18H17F2NO.C17H15F2NO.C16H13F2NO.C15H11F2NO.C14H9F2NO/c1-2-3-4-13-22-16-10-6-14(7-11-16)5-8-15-9-12-17(19)21-18(15)20;1-2-3-12-21-15-9-5-13(6-10-15)4-7-14-8-11-16(18)20-17(14)19;1-2-11-20-14-8-4-12(5-9-14)3-6-13-7-10-15(17)19-16(13)18;1-2-19-13-8-4-11(5-9-13)3-6-12-7-10-14(16)18-15(12)17;1-18-12-7-3-10(4-8-12)2-5-11-6-9-13(15)17-14(11)16/h6-7,9-12H,2-4,13H2,1H3;5-6,8-11H,2-3,12H2,1H3;4-5,7-10H,2,11H2,1H3;4-5,7-10H,2H2,1H3;3-4,6-9H,1H3. The van der Waals surface area contributed by atoms with Crippen LogP contribution in [0.5, 0.6) is 28.7 Å². The molecule has 5 heterocycles. The van der Waals surface area contributed by atoms with Crippen molar-refractivity contribution in [1.29, 1.82) is 0 Å². The molecule has 5 aromatic heterocycles. The Labute approximate surface area is 574 Å². The van der Waals surface area contributed by atoms with E-state index in [0.717, 1.165) is 114 Å². The molecule has 0 aliphatic rings. The highest BCUT2D eigenvalue weighted by Gasteiger charge is 2.07. The Balaban J connectivity index is 0.000000197. The predicted molar refractivity (Wildman–Crippen MR) is 362 cm³/mol. The summed E-state index contributed by atoms with van der Waals surface area (Å²) in [5, 5.41) is 0. The van der Waals surface area contributed by atoms with Gasteiger partial charge in [-0.1, -0.05) is 99.2 Å². The van der Waals surface area contributed by atoms with Gasteiger partial charge >= 0.3 is 0 Å². The number of hydrogen-bond donors (Lipinski definition) is 0. The molecule has 0 bridgehead atoms. The number of methoxy groups -OCH3 is 1. The molecule has 0 saturated heterocycles. The minimum absolute atomic E-state index is 0.0622. The average Bonchev–Trinajstić information content (AvgIpc) is 0.963. The van der Waals surface area contributed by atoms with Gasteiger partial charge in [0.25, 0.3) is 0 Å². The molecule has 10 rings (SSSR count). The molecule has 5 aromatic carbocycles. The lowest BCUT2D eigenvalue weighted by atomic mass is 10.2. The van der Waals surface area contributed by atoms with Crippen molar-refractivity contribution in [1.82, 2.24) is 24.9 Å². The minimum Gasteiger partial charge on any atom is -0.497 e. The van der Waals surface area contributed by atoms with E-state index < -0.39 is 59.5 Å². The van der Waals surface area contributed by atoms with Gasteiger partial charge in [-0.25, -0.2) is 0 Å². The van der Waals surface area contributed by atoms with Crippen molar-refractivity contribution in [2.75, 3.05) is 33.5 Å². The monoisotopic (exact) mass is 1370 g/mol. The molecule has 10 aromatic rings. The average molecular weight is 1370 g/mol. The van der Waals surface area contributed by atoms with Gasteiger partial charge in [-0.15, -0.1) is 0 Å². The van der Waals surface area contributed by atoms with Crippen molar-refractivity contribution in [2.45, 2.75) is 66.2 Å². The molecular formula is C80H65F10N5O5. The molecule has 0 fully saturated rings. The number of rotatable bonds is 15. The van der Waals surface area contributed by atoms with Crippen molar-refractivity contribution >= 4 is 0 Å². The first-order valence-corrected chi connectivity index (χ1v) is 31.2. The Morgan fingerprint density at radius 2 is 0.490 bits per heavy atom. The highest BCUT2D eigenvalue weighted by Crippen LogP contribution is 2.18. The second-order valence-corrected chi connectivity index (χ2v) is 20.5. The summed E-state index contributed by atoms with van der Waals surface area (Å²) in [6.45, 7) is 10.8. The van der Waals surface area contributed by atoms with Gasteiger partial charge in [0.15, 0.2) is 0 Å². The molecule has 10 nitrogen and oxygen atoms in total. The third kappa shape index (κ3) is 28.3. The Morgan fingerprint density at radius 3 is 0.720 bits per heavy atom. The van der Waals surface area contributed by atoms with E-state index in [2.05, 4.69) is 98.0 Å². The fraction of sp³-hybridized carbons (Fsp3) is 0.188. The molecule has 20 heteroatoms. The maximum Gasteiger partial charge on any atom is 0.231 e. The first-order chi connectivity index (χ1) is 48.4. The van der Waals surface area contributed by atoms with Gasteiger partial charge in [-0.2, -0.15) is 68.8 Å². The lowest BCUT2D eigenvalue weighted by Gasteiger charge is -2.05. The molecule has 0 radical (unpaired) electrons. The quantitative estimate of drug-likeness (QED) is 0.0426. The van der Waals surface area contributed by atoms with Gasteiger partial charge < -0.3 is 23.7 Å². The maximum atomic E-state index is 13.3. The molecule has 0 amide bonds. The van der Waals surface area contributed by atoms with Crippen LogP contribution in [0, 0.1) is 119 Å². The number of aromatic nitrogens is 5. The van der Waals surface area contributed by atoms with Gasteiger partial charge in [-0.05, 0) is 208 Å². The first-order valence-electron chi connectivity index (χ1n) is 31.2. The normalized spacial score (nSPS) is 9.75. The van der Waals surface area contributed by atoms with E-state index in [0.29, 0.717) is 37.6 Å². The third-order valence-electron chi connectivity index (χ3n) is 12.9. The molecule has 0 spiro atoms. The third-order valence-corrected chi connectivity index (χ3v) is 12.9. The highest BCUT2D eigenvalue weighted by atomic mass is 19.2. The van der Waals surface area contributed by atoms with E-state index in [9.17, 15) is 43.9 Å². The van der Waals surface area contributed by atoms with Gasteiger partial charge in [-0.3, -0.25) is 0 Å². The van der Waals surface area contributed by atoms with Gasteiger partial charge in [0, 0.05) is 27.8 Å². The van der Waals surface area contributed by atoms with E-state index in [1.54, 1.807) is 104 Å². The summed E-state index contributed by atoms with van der Waals surface area (Å²) >= 11 is 0. The van der Waals surface area contributed by atoms with Gasteiger partial charge in [0.05, 0.1) is 61.4 Å². The number of nitrogens with zero attached hydrogens (tertiary/aromatic N) is 5. The van der Waals surface area contributed by atoms with Crippen LogP contribution in [0.2, 0.25) is 0 Å². The number of hydrogen-bond acceptors (Lipinski definition) is 10. The Morgan fingerprint density at radius 1 is 0.250 bits per heavy atom. The van der Waals surface area contributed by atoms with E-state index in [4.69, 9.17) is 23.7 Å². The van der Waals surface area contributed by atoms with E-state index in [1.165, 1.54) is 30.3 Å². The zero-order chi connectivity index (χ0) is 71.9. The van der Waals surface area contributed by atoms with Crippen molar-refractivity contribution in [2.24, 2.45) is 0 Å². The van der Waals surface area contributed by atoms with Crippen LogP contribution in [0.3, 0.4) is 0 Å². The van der Waals surface area contributed by atoms with Crippen LogP contribution >= 0.6 is 0 Å². The SMILES string of the molecule is CCCCCOc1ccc(C#Cc2ccc(F)nc2F)cc1.CCCCOc1ccc(C#Cc2ccc(F)nc2F)cc1.CCCOc1ccc(C#Cc2ccc(F)nc2F)cc1.CCOc1ccc(C#Cc2ccc(F)nc2F)cc1.COc1ccc(C#Cc2ccc(F)nc2F)cc1.